The van der Waals surface area contributed by atoms with E-state index in [1.165, 1.54) is 7.11 Å². The molecule has 132 valence electrons. The van der Waals surface area contributed by atoms with Crippen LogP contribution in [-0.2, 0) is 9.53 Å². The van der Waals surface area contributed by atoms with Crippen molar-refractivity contribution in [3.05, 3.63) is 66.2 Å². The number of hydrogen-bond donors (Lipinski definition) is 0. The maximum atomic E-state index is 11.8. The third kappa shape index (κ3) is 4.72. The van der Waals surface area contributed by atoms with E-state index in [0.29, 0.717) is 6.61 Å². The molecule has 0 amide bonds. The van der Waals surface area contributed by atoms with Crippen LogP contribution in [-0.4, -0.2) is 19.7 Å². The Balaban J connectivity index is 2.34. The third-order valence-electron chi connectivity index (χ3n) is 4.27. The highest BCUT2D eigenvalue weighted by atomic mass is 16.5. The number of aryl methyl sites for hydroxylation is 1. The number of ether oxygens (including phenoxy) is 2. The summed E-state index contributed by atoms with van der Waals surface area (Å²) >= 11 is 0. The maximum absolute atomic E-state index is 11.8. The van der Waals surface area contributed by atoms with Gasteiger partial charge in [0.15, 0.2) is 0 Å². The molecule has 1 unspecified atom stereocenters. The topological polar surface area (TPSA) is 35.5 Å². The summed E-state index contributed by atoms with van der Waals surface area (Å²) in [6, 6.07) is 14.1. The van der Waals surface area contributed by atoms with E-state index in [1.807, 2.05) is 49.4 Å². The Morgan fingerprint density at radius 2 is 2.00 bits per heavy atom. The summed E-state index contributed by atoms with van der Waals surface area (Å²) in [5.74, 6) is 0.334. The highest BCUT2D eigenvalue weighted by molar-refractivity contribution is 5.80. The van der Waals surface area contributed by atoms with Crippen LogP contribution in [0.25, 0.3) is 11.1 Å². The Labute approximate surface area is 150 Å². The molecule has 0 radical (unpaired) electrons. The van der Waals surface area contributed by atoms with Crippen molar-refractivity contribution in [3.63, 3.8) is 0 Å². The lowest BCUT2D eigenvalue weighted by atomic mass is 9.94. The normalized spacial score (nSPS) is 11.6. The molecule has 0 saturated carbocycles. The summed E-state index contributed by atoms with van der Waals surface area (Å²) in [4.78, 5) is 11.8. The first kappa shape index (κ1) is 18.8. The van der Waals surface area contributed by atoms with Gasteiger partial charge in [-0.3, -0.25) is 4.79 Å². The van der Waals surface area contributed by atoms with Crippen LogP contribution in [0.15, 0.2) is 55.1 Å². The highest BCUT2D eigenvalue weighted by Crippen LogP contribution is 2.35. The average Bonchev–Trinajstić information content (AvgIpc) is 2.64. The average molecular weight is 338 g/mol. The van der Waals surface area contributed by atoms with Gasteiger partial charge < -0.3 is 9.47 Å². The van der Waals surface area contributed by atoms with E-state index in [2.05, 4.69) is 19.6 Å². The number of carbonyl (C=O) groups excluding carboxylic acids is 1. The van der Waals surface area contributed by atoms with E-state index in [0.717, 1.165) is 40.8 Å². The zero-order valence-corrected chi connectivity index (χ0v) is 15.2. The molecular formula is C22H26O3. The van der Waals surface area contributed by atoms with Gasteiger partial charge in [-0.05, 0) is 49.4 Å². The molecule has 0 aromatic heterocycles. The quantitative estimate of drug-likeness (QED) is 0.373. The van der Waals surface area contributed by atoms with E-state index < -0.39 is 0 Å². The molecule has 3 heteroatoms. The molecule has 2 aromatic rings. The van der Waals surface area contributed by atoms with Gasteiger partial charge in [0.2, 0.25) is 0 Å². The second-order valence-electron chi connectivity index (χ2n) is 6.10. The second kappa shape index (κ2) is 9.07. The molecule has 0 aliphatic rings. The Hall–Kier alpha value is -2.55. The van der Waals surface area contributed by atoms with E-state index in [9.17, 15) is 4.79 Å². The smallest absolute Gasteiger partial charge is 0.312 e. The fourth-order valence-electron chi connectivity index (χ4n) is 2.82. The largest absolute Gasteiger partial charge is 0.493 e. The third-order valence-corrected chi connectivity index (χ3v) is 4.27. The van der Waals surface area contributed by atoms with Gasteiger partial charge in [-0.25, -0.2) is 0 Å². The van der Waals surface area contributed by atoms with Crippen molar-refractivity contribution in [2.24, 2.45) is 0 Å². The number of unbranched alkanes of at least 4 members (excludes halogenated alkanes) is 1. The highest BCUT2D eigenvalue weighted by Gasteiger charge is 2.17. The van der Waals surface area contributed by atoms with Gasteiger partial charge in [0, 0.05) is 5.56 Å². The molecule has 0 aliphatic heterocycles. The van der Waals surface area contributed by atoms with Gasteiger partial charge in [-0.2, -0.15) is 0 Å². The number of benzene rings is 2. The van der Waals surface area contributed by atoms with E-state index in [-0.39, 0.29) is 11.9 Å². The zero-order chi connectivity index (χ0) is 18.2. The van der Waals surface area contributed by atoms with E-state index >= 15 is 0 Å². The summed E-state index contributed by atoms with van der Waals surface area (Å²) in [5.41, 5.74) is 4.19. The van der Waals surface area contributed by atoms with Crippen molar-refractivity contribution in [3.8, 4) is 16.9 Å². The van der Waals surface area contributed by atoms with Gasteiger partial charge in [-0.1, -0.05) is 42.5 Å². The summed E-state index contributed by atoms with van der Waals surface area (Å²) in [5, 5.41) is 0. The first-order chi connectivity index (χ1) is 12.1. The number of carbonyl (C=O) groups is 1. The Bertz CT molecular complexity index is 734. The molecule has 0 bridgehead atoms. The molecule has 0 N–H and O–H groups in total. The second-order valence-corrected chi connectivity index (χ2v) is 6.10. The number of allylic oxidation sites excluding steroid dienone is 1. The van der Waals surface area contributed by atoms with Gasteiger partial charge in [0.1, 0.15) is 5.75 Å². The first-order valence-electron chi connectivity index (χ1n) is 8.60. The van der Waals surface area contributed by atoms with Crippen LogP contribution in [0.2, 0.25) is 0 Å². The predicted octanol–water partition coefficient (Wildman–Crippen LogP) is 5.28. The van der Waals surface area contributed by atoms with Crippen molar-refractivity contribution in [1.82, 2.24) is 0 Å². The Morgan fingerprint density at radius 3 is 2.72 bits per heavy atom. The lowest BCUT2D eigenvalue weighted by molar-refractivity contribution is -0.141. The van der Waals surface area contributed by atoms with Gasteiger partial charge in [-0.15, -0.1) is 6.58 Å². The fourth-order valence-corrected chi connectivity index (χ4v) is 2.82. The summed E-state index contributed by atoms with van der Waals surface area (Å²) in [7, 11) is 1.42. The van der Waals surface area contributed by atoms with Crippen molar-refractivity contribution in [1.29, 1.82) is 0 Å². The van der Waals surface area contributed by atoms with Crippen LogP contribution in [0.3, 0.4) is 0 Å². The van der Waals surface area contributed by atoms with Gasteiger partial charge >= 0.3 is 5.97 Å². The van der Waals surface area contributed by atoms with Crippen molar-refractivity contribution >= 4 is 5.97 Å². The van der Waals surface area contributed by atoms with Crippen LogP contribution in [0.5, 0.6) is 5.75 Å². The van der Waals surface area contributed by atoms with E-state index in [4.69, 9.17) is 9.47 Å². The predicted molar refractivity (Wildman–Crippen MR) is 102 cm³/mol. The van der Waals surface area contributed by atoms with Crippen LogP contribution < -0.4 is 4.74 Å². The number of methoxy groups -OCH3 is 1. The Morgan fingerprint density at radius 1 is 1.24 bits per heavy atom. The molecule has 0 aliphatic carbocycles. The first-order valence-corrected chi connectivity index (χ1v) is 8.60. The van der Waals surface area contributed by atoms with Crippen molar-refractivity contribution in [2.75, 3.05) is 13.7 Å². The summed E-state index contributed by atoms with van der Waals surface area (Å²) in [6.45, 7) is 8.32. The molecular weight excluding hydrogens is 312 g/mol. The van der Waals surface area contributed by atoms with Crippen LogP contribution >= 0.6 is 0 Å². The molecule has 1 atom stereocenters. The van der Waals surface area contributed by atoms with Crippen LogP contribution in [0.1, 0.15) is 36.8 Å². The lowest BCUT2D eigenvalue weighted by Gasteiger charge is -2.16. The summed E-state index contributed by atoms with van der Waals surface area (Å²) < 4.78 is 10.9. The minimum absolute atomic E-state index is 0.233. The molecule has 0 spiro atoms. The molecule has 25 heavy (non-hydrogen) atoms. The SMILES string of the molecule is C=CCCCOc1cccc(C)c1-c1cccc(C(C)C(=O)OC)c1. The number of hydrogen-bond acceptors (Lipinski definition) is 3. The van der Waals surface area contributed by atoms with Crippen molar-refractivity contribution < 1.29 is 14.3 Å². The fraction of sp³-hybridized carbons (Fsp3) is 0.318. The van der Waals surface area contributed by atoms with Gasteiger partial charge in [0.05, 0.1) is 19.6 Å². The van der Waals surface area contributed by atoms with Crippen LogP contribution in [0.4, 0.5) is 0 Å². The lowest BCUT2D eigenvalue weighted by Crippen LogP contribution is -2.10. The molecule has 0 saturated heterocycles. The maximum Gasteiger partial charge on any atom is 0.312 e. The van der Waals surface area contributed by atoms with Gasteiger partial charge in [0.25, 0.3) is 0 Å². The molecule has 3 nitrogen and oxygen atoms in total. The van der Waals surface area contributed by atoms with Crippen LogP contribution in [0, 0.1) is 6.92 Å². The molecule has 0 fully saturated rings. The number of rotatable bonds is 8. The molecule has 2 rings (SSSR count). The Kier molecular flexibility index (Phi) is 6.81. The van der Waals surface area contributed by atoms with E-state index in [1.54, 1.807) is 0 Å². The molecule has 2 aromatic carbocycles. The van der Waals surface area contributed by atoms with Crippen molar-refractivity contribution in [2.45, 2.75) is 32.6 Å². The summed E-state index contributed by atoms with van der Waals surface area (Å²) in [6.07, 6.45) is 3.78. The zero-order valence-electron chi connectivity index (χ0n) is 15.2. The minimum Gasteiger partial charge on any atom is -0.493 e. The minimum atomic E-state index is -0.300. The monoisotopic (exact) mass is 338 g/mol. The molecule has 0 heterocycles. The number of esters is 1. The standard InChI is InChI=1S/C22H26O3/c1-5-6-7-14-25-20-13-8-10-16(2)21(20)19-12-9-11-18(15-19)17(3)22(23)24-4/h5,8-13,15,17H,1,6-7,14H2,2-4H3.